The van der Waals surface area contributed by atoms with Crippen molar-refractivity contribution in [3.8, 4) is 0 Å². The van der Waals surface area contributed by atoms with Crippen LogP contribution in [-0.4, -0.2) is 22.4 Å². The summed E-state index contributed by atoms with van der Waals surface area (Å²) in [6.07, 6.45) is 1.34. The molecule has 4 N–H and O–H groups in total. The number of nitrogens with two attached hydrogens (primary N) is 1. The van der Waals surface area contributed by atoms with Gasteiger partial charge in [-0.05, 0) is 0 Å². The van der Waals surface area contributed by atoms with Gasteiger partial charge in [-0.2, -0.15) is 0 Å². The maximum absolute atomic E-state index is 10.0. The van der Waals surface area contributed by atoms with Crippen LogP contribution < -0.4 is 5.73 Å². The summed E-state index contributed by atoms with van der Waals surface area (Å²) in [5, 5.41) is 0. The van der Waals surface area contributed by atoms with Gasteiger partial charge in [0.25, 0.3) is 0 Å². The molecular weight excluding hydrogens is 157 g/mol. The second kappa shape index (κ2) is 3.85. The highest BCUT2D eigenvalue weighted by Gasteiger charge is 2.14. The Hall–Kier alpha value is -0.190. The van der Waals surface area contributed by atoms with E-state index in [1.165, 1.54) is 6.08 Å². The molecule has 0 aliphatic heterocycles. The highest BCUT2D eigenvalue weighted by atomic mass is 31.2. The molecule has 6 heteroatoms. The lowest BCUT2D eigenvalue weighted by Gasteiger charge is -2.07. The van der Waals surface area contributed by atoms with Crippen LogP contribution in [0.3, 0.4) is 0 Å². The molecule has 5 nitrogen and oxygen atoms in total. The molecule has 0 spiro atoms. The highest BCUT2D eigenvalue weighted by molar-refractivity contribution is 7.46. The van der Waals surface area contributed by atoms with Gasteiger partial charge in [0, 0.05) is 6.04 Å². The van der Waals surface area contributed by atoms with Gasteiger partial charge in [0.1, 0.15) is 0 Å². The summed E-state index contributed by atoms with van der Waals surface area (Å²) < 4.78 is 14.1. The monoisotopic (exact) mass is 167 g/mol. The molecule has 0 heterocycles. The molecule has 0 aromatic carbocycles. The van der Waals surface area contributed by atoms with Crippen molar-refractivity contribution in [2.24, 2.45) is 5.73 Å². The lowest BCUT2D eigenvalue weighted by molar-refractivity contribution is 0.193. The molecule has 0 radical (unpaired) electrons. The van der Waals surface area contributed by atoms with E-state index in [4.69, 9.17) is 15.5 Å². The number of phosphoric ester groups is 1. The van der Waals surface area contributed by atoms with Gasteiger partial charge >= 0.3 is 7.82 Å². The summed E-state index contributed by atoms with van der Waals surface area (Å²) in [5.41, 5.74) is 5.19. The minimum Gasteiger partial charge on any atom is -0.323 e. The molecule has 0 aliphatic carbocycles. The molecule has 0 aliphatic rings. The van der Waals surface area contributed by atoms with Gasteiger partial charge in [-0.15, -0.1) is 6.58 Å². The normalized spacial score (nSPS) is 14.7. The van der Waals surface area contributed by atoms with Crippen molar-refractivity contribution in [3.05, 3.63) is 12.7 Å². The molecule has 0 saturated carbocycles. The fourth-order valence-electron chi connectivity index (χ4n) is 0.251. The molecule has 0 rings (SSSR count). The zero-order chi connectivity index (χ0) is 8.20. The number of hydrogen-bond donors (Lipinski definition) is 3. The first kappa shape index (κ1) is 9.81. The average Bonchev–Trinajstić information content (AvgIpc) is 1.81. The molecular formula is C4H10NO4P. The summed E-state index contributed by atoms with van der Waals surface area (Å²) in [7, 11) is -4.36. The number of hydrogen-bond acceptors (Lipinski definition) is 3. The minimum atomic E-state index is -4.36. The third-order valence-electron chi connectivity index (χ3n) is 0.738. The Morgan fingerprint density at radius 2 is 2.30 bits per heavy atom. The average molecular weight is 167 g/mol. The number of phosphoric acid groups is 1. The van der Waals surface area contributed by atoms with Crippen LogP contribution in [-0.2, 0) is 9.09 Å². The second-order valence-corrected chi connectivity index (χ2v) is 2.93. The first-order chi connectivity index (χ1) is 4.45. The summed E-state index contributed by atoms with van der Waals surface area (Å²) in [4.78, 5) is 16.3. The zero-order valence-corrected chi connectivity index (χ0v) is 6.20. The topological polar surface area (TPSA) is 92.8 Å². The Morgan fingerprint density at radius 3 is 2.60 bits per heavy atom. The molecule has 0 saturated heterocycles. The van der Waals surface area contributed by atoms with Gasteiger partial charge in [0.2, 0.25) is 0 Å². The van der Waals surface area contributed by atoms with Gasteiger partial charge in [-0.25, -0.2) is 4.57 Å². The van der Waals surface area contributed by atoms with E-state index >= 15 is 0 Å². The van der Waals surface area contributed by atoms with Crippen molar-refractivity contribution in [1.29, 1.82) is 0 Å². The van der Waals surface area contributed by atoms with Crippen LogP contribution in [0.25, 0.3) is 0 Å². The van der Waals surface area contributed by atoms with E-state index < -0.39 is 13.9 Å². The van der Waals surface area contributed by atoms with E-state index in [1.807, 2.05) is 0 Å². The Morgan fingerprint density at radius 1 is 1.80 bits per heavy atom. The number of rotatable bonds is 4. The van der Waals surface area contributed by atoms with Crippen LogP contribution in [0.15, 0.2) is 12.7 Å². The Labute approximate surface area is 58.7 Å². The van der Waals surface area contributed by atoms with Crippen LogP contribution >= 0.6 is 7.82 Å². The summed E-state index contributed by atoms with van der Waals surface area (Å²) in [6.45, 7) is 3.09. The fourth-order valence-corrected chi connectivity index (χ4v) is 0.618. The van der Waals surface area contributed by atoms with Gasteiger partial charge in [-0.1, -0.05) is 6.08 Å². The van der Waals surface area contributed by atoms with Crippen LogP contribution in [0.2, 0.25) is 0 Å². The van der Waals surface area contributed by atoms with Gasteiger partial charge in [0.15, 0.2) is 0 Å². The maximum atomic E-state index is 10.0. The fraction of sp³-hybridized carbons (Fsp3) is 0.500. The first-order valence-electron chi connectivity index (χ1n) is 2.54. The third-order valence-corrected chi connectivity index (χ3v) is 1.22. The SMILES string of the molecule is C=CC(N)COP(=O)(O)O. The van der Waals surface area contributed by atoms with Crippen LogP contribution in [0.5, 0.6) is 0 Å². The van der Waals surface area contributed by atoms with Crippen molar-refractivity contribution in [3.63, 3.8) is 0 Å². The van der Waals surface area contributed by atoms with Crippen LogP contribution in [0.4, 0.5) is 0 Å². The largest absolute Gasteiger partial charge is 0.469 e. The van der Waals surface area contributed by atoms with E-state index in [1.54, 1.807) is 0 Å². The van der Waals surface area contributed by atoms with Crippen molar-refractivity contribution in [2.45, 2.75) is 6.04 Å². The van der Waals surface area contributed by atoms with E-state index in [-0.39, 0.29) is 6.61 Å². The lowest BCUT2D eigenvalue weighted by atomic mass is 10.3. The van der Waals surface area contributed by atoms with E-state index in [0.717, 1.165) is 0 Å². The molecule has 0 amide bonds. The molecule has 0 bridgehead atoms. The van der Waals surface area contributed by atoms with Crippen molar-refractivity contribution in [1.82, 2.24) is 0 Å². The predicted molar refractivity (Wildman–Crippen MR) is 36.2 cm³/mol. The van der Waals surface area contributed by atoms with Gasteiger partial charge in [0.05, 0.1) is 6.61 Å². The smallest absolute Gasteiger partial charge is 0.323 e. The molecule has 1 unspecified atom stereocenters. The second-order valence-electron chi connectivity index (χ2n) is 1.69. The Balaban J connectivity index is 3.55. The standard InChI is InChI=1S/C4H10NO4P/c1-2-4(5)3-9-10(6,7)8/h2,4H,1,3,5H2,(H2,6,7,8). The van der Waals surface area contributed by atoms with Gasteiger partial charge < -0.3 is 15.5 Å². The zero-order valence-electron chi connectivity index (χ0n) is 5.30. The molecule has 1 atom stereocenters. The Kier molecular flexibility index (Phi) is 3.78. The summed E-state index contributed by atoms with van der Waals surface area (Å²) >= 11 is 0. The quantitative estimate of drug-likeness (QED) is 0.391. The molecule has 0 fully saturated rings. The van der Waals surface area contributed by atoms with Crippen LogP contribution in [0.1, 0.15) is 0 Å². The Bertz CT molecular complexity index is 153. The first-order valence-corrected chi connectivity index (χ1v) is 4.07. The van der Waals surface area contributed by atoms with Crippen molar-refractivity contribution in [2.75, 3.05) is 6.61 Å². The molecule has 0 aromatic rings. The van der Waals surface area contributed by atoms with Crippen molar-refractivity contribution < 1.29 is 18.9 Å². The molecule has 60 valence electrons. The van der Waals surface area contributed by atoms with E-state index in [9.17, 15) is 4.57 Å². The van der Waals surface area contributed by atoms with E-state index in [2.05, 4.69) is 11.1 Å². The van der Waals surface area contributed by atoms with Crippen molar-refractivity contribution >= 4 is 7.82 Å². The maximum Gasteiger partial charge on any atom is 0.469 e. The summed E-state index contributed by atoms with van der Waals surface area (Å²) in [5.74, 6) is 0. The molecule has 10 heavy (non-hydrogen) atoms. The lowest BCUT2D eigenvalue weighted by Crippen LogP contribution is -2.22. The minimum absolute atomic E-state index is 0.215. The van der Waals surface area contributed by atoms with Gasteiger partial charge in [-0.3, -0.25) is 4.52 Å². The summed E-state index contributed by atoms with van der Waals surface area (Å²) in [6, 6.07) is -0.535. The highest BCUT2D eigenvalue weighted by Crippen LogP contribution is 2.35. The predicted octanol–water partition coefficient (Wildman–Crippen LogP) is -0.391. The third kappa shape index (κ3) is 5.94. The van der Waals surface area contributed by atoms with E-state index in [0.29, 0.717) is 0 Å². The molecule has 0 aromatic heterocycles. The van der Waals surface area contributed by atoms with Crippen LogP contribution in [0, 0.1) is 0 Å².